The molecule has 0 amide bonds. The van der Waals surface area contributed by atoms with Gasteiger partial charge in [-0.15, -0.1) is 0 Å². The summed E-state index contributed by atoms with van der Waals surface area (Å²) in [4.78, 5) is 0. The summed E-state index contributed by atoms with van der Waals surface area (Å²) in [5.41, 5.74) is 0. The number of rotatable bonds is 16. The molecule has 2 fully saturated rings. The van der Waals surface area contributed by atoms with Crippen LogP contribution in [0.3, 0.4) is 0 Å². The predicted molar refractivity (Wildman–Crippen MR) is 122 cm³/mol. The summed E-state index contributed by atoms with van der Waals surface area (Å²) in [7, 11) is 0. The first-order chi connectivity index (χ1) is 13.3. The van der Waals surface area contributed by atoms with Crippen LogP contribution in [0.5, 0.6) is 0 Å². The van der Waals surface area contributed by atoms with Crippen molar-refractivity contribution in [1.29, 1.82) is 0 Å². The van der Waals surface area contributed by atoms with Gasteiger partial charge in [0.2, 0.25) is 0 Å². The summed E-state index contributed by atoms with van der Waals surface area (Å²) < 4.78 is 0. The summed E-state index contributed by atoms with van der Waals surface area (Å²) in [6.45, 7) is 4.68. The van der Waals surface area contributed by atoms with Crippen LogP contribution < -0.4 is 0 Å². The second-order valence-electron chi connectivity index (χ2n) is 10.4. The lowest BCUT2D eigenvalue weighted by Gasteiger charge is -2.11. The lowest BCUT2D eigenvalue weighted by Crippen LogP contribution is -1.97. The zero-order valence-electron chi connectivity index (χ0n) is 19.2. The van der Waals surface area contributed by atoms with E-state index in [-0.39, 0.29) is 0 Å². The third-order valence-corrected chi connectivity index (χ3v) is 7.96. The van der Waals surface area contributed by atoms with Crippen molar-refractivity contribution < 1.29 is 0 Å². The summed E-state index contributed by atoms with van der Waals surface area (Å²) >= 11 is 0. The average Bonchev–Trinajstić information content (AvgIpc) is 3.32. The topological polar surface area (TPSA) is 0 Å². The lowest BCUT2D eigenvalue weighted by molar-refractivity contribution is 0.413. The Kier molecular flexibility index (Phi) is 12.9. The van der Waals surface area contributed by atoms with Gasteiger partial charge >= 0.3 is 0 Å². The minimum Gasteiger partial charge on any atom is -0.0654 e. The molecule has 0 spiro atoms. The molecule has 0 heterocycles. The largest absolute Gasteiger partial charge is 0.0654 e. The van der Waals surface area contributed by atoms with Crippen molar-refractivity contribution in [3.63, 3.8) is 0 Å². The first kappa shape index (κ1) is 23.3. The molecule has 4 atom stereocenters. The minimum absolute atomic E-state index is 1.09. The Bertz CT molecular complexity index is 301. The van der Waals surface area contributed by atoms with E-state index in [1.54, 1.807) is 51.4 Å². The first-order valence-corrected chi connectivity index (χ1v) is 13.3. The van der Waals surface area contributed by atoms with Crippen molar-refractivity contribution in [1.82, 2.24) is 0 Å². The van der Waals surface area contributed by atoms with Gasteiger partial charge in [0.1, 0.15) is 0 Å². The van der Waals surface area contributed by atoms with E-state index in [1.165, 1.54) is 83.5 Å². The molecular formula is C27H52. The molecule has 0 radical (unpaired) electrons. The van der Waals surface area contributed by atoms with E-state index in [0.717, 1.165) is 23.7 Å². The van der Waals surface area contributed by atoms with E-state index in [1.807, 2.05) is 0 Å². The molecule has 0 saturated heterocycles. The maximum absolute atomic E-state index is 2.34. The van der Waals surface area contributed by atoms with E-state index in [4.69, 9.17) is 0 Å². The van der Waals surface area contributed by atoms with E-state index in [0.29, 0.717) is 0 Å². The molecule has 2 saturated carbocycles. The Balaban J connectivity index is 1.33. The van der Waals surface area contributed by atoms with Crippen LogP contribution in [-0.2, 0) is 0 Å². The maximum atomic E-state index is 2.34. The Morgan fingerprint density at radius 1 is 0.407 bits per heavy atom. The van der Waals surface area contributed by atoms with Gasteiger partial charge in [0.25, 0.3) is 0 Å². The van der Waals surface area contributed by atoms with Crippen LogP contribution in [-0.4, -0.2) is 0 Å². The maximum Gasteiger partial charge on any atom is -0.0412 e. The fraction of sp³-hybridized carbons (Fsp3) is 1.00. The van der Waals surface area contributed by atoms with Crippen molar-refractivity contribution in [2.45, 2.75) is 149 Å². The molecule has 0 aromatic heterocycles. The van der Waals surface area contributed by atoms with Crippen molar-refractivity contribution in [2.75, 3.05) is 0 Å². The number of hydrogen-bond acceptors (Lipinski definition) is 0. The third kappa shape index (κ3) is 10.4. The van der Waals surface area contributed by atoms with Gasteiger partial charge in [-0.1, -0.05) is 136 Å². The molecule has 0 aromatic carbocycles. The van der Waals surface area contributed by atoms with Crippen LogP contribution in [0.1, 0.15) is 149 Å². The van der Waals surface area contributed by atoms with Gasteiger partial charge in [-0.05, 0) is 36.5 Å². The highest BCUT2D eigenvalue weighted by atomic mass is 14.3. The molecule has 0 nitrogen and oxygen atoms in total. The SMILES string of the molecule is CCCCC1CCC(CCCCCCCCCC2CCC(CCCC)C2)C1. The Morgan fingerprint density at radius 2 is 0.704 bits per heavy atom. The summed E-state index contributed by atoms with van der Waals surface area (Å²) in [6.07, 6.45) is 31.8. The quantitative estimate of drug-likeness (QED) is 0.235. The Labute approximate surface area is 172 Å². The van der Waals surface area contributed by atoms with Gasteiger partial charge in [-0.3, -0.25) is 0 Å². The molecule has 4 unspecified atom stereocenters. The van der Waals surface area contributed by atoms with Gasteiger partial charge < -0.3 is 0 Å². The summed E-state index contributed by atoms with van der Waals surface area (Å²) in [5, 5.41) is 0. The second-order valence-corrected chi connectivity index (χ2v) is 10.4. The minimum atomic E-state index is 1.09. The van der Waals surface area contributed by atoms with E-state index in [9.17, 15) is 0 Å². The Morgan fingerprint density at radius 3 is 1.04 bits per heavy atom. The number of unbranched alkanes of at least 4 members (excludes halogenated alkanes) is 8. The van der Waals surface area contributed by atoms with Gasteiger partial charge in [-0.25, -0.2) is 0 Å². The molecule has 0 heteroatoms. The fourth-order valence-corrected chi connectivity index (χ4v) is 6.14. The highest BCUT2D eigenvalue weighted by molar-refractivity contribution is 4.76. The second kappa shape index (κ2) is 14.9. The molecule has 0 aliphatic heterocycles. The monoisotopic (exact) mass is 376 g/mol. The van der Waals surface area contributed by atoms with Gasteiger partial charge in [-0.2, -0.15) is 0 Å². The fourth-order valence-electron chi connectivity index (χ4n) is 6.14. The van der Waals surface area contributed by atoms with E-state index in [2.05, 4.69) is 13.8 Å². The van der Waals surface area contributed by atoms with Crippen LogP contribution in [0.15, 0.2) is 0 Å². The average molecular weight is 377 g/mol. The van der Waals surface area contributed by atoms with Crippen molar-refractivity contribution in [2.24, 2.45) is 23.7 Å². The predicted octanol–water partition coefficient (Wildman–Crippen LogP) is 9.71. The van der Waals surface area contributed by atoms with Crippen molar-refractivity contribution in [3.05, 3.63) is 0 Å². The van der Waals surface area contributed by atoms with E-state index >= 15 is 0 Å². The summed E-state index contributed by atoms with van der Waals surface area (Å²) in [6, 6.07) is 0. The van der Waals surface area contributed by atoms with Gasteiger partial charge in [0.15, 0.2) is 0 Å². The molecule has 2 rings (SSSR count). The molecule has 0 N–H and O–H groups in total. The zero-order chi connectivity index (χ0) is 19.2. The summed E-state index contributed by atoms with van der Waals surface area (Å²) in [5.74, 6) is 4.38. The molecule has 0 aromatic rings. The molecule has 2 aliphatic carbocycles. The van der Waals surface area contributed by atoms with Crippen LogP contribution in [0.4, 0.5) is 0 Å². The molecular weight excluding hydrogens is 324 g/mol. The smallest absolute Gasteiger partial charge is 0.0412 e. The van der Waals surface area contributed by atoms with Crippen molar-refractivity contribution >= 4 is 0 Å². The molecule has 160 valence electrons. The van der Waals surface area contributed by atoms with E-state index < -0.39 is 0 Å². The molecule has 2 aliphatic rings. The zero-order valence-corrected chi connectivity index (χ0v) is 19.2. The molecule has 0 bridgehead atoms. The molecule has 27 heavy (non-hydrogen) atoms. The highest BCUT2D eigenvalue weighted by Gasteiger charge is 2.24. The highest BCUT2D eigenvalue weighted by Crippen LogP contribution is 2.38. The van der Waals surface area contributed by atoms with Crippen LogP contribution in [0.2, 0.25) is 0 Å². The lowest BCUT2D eigenvalue weighted by atomic mass is 9.94. The van der Waals surface area contributed by atoms with Gasteiger partial charge in [0.05, 0.1) is 0 Å². The van der Waals surface area contributed by atoms with Crippen LogP contribution >= 0.6 is 0 Å². The third-order valence-electron chi connectivity index (χ3n) is 7.96. The van der Waals surface area contributed by atoms with Crippen LogP contribution in [0.25, 0.3) is 0 Å². The van der Waals surface area contributed by atoms with Gasteiger partial charge in [0, 0.05) is 0 Å². The van der Waals surface area contributed by atoms with Crippen molar-refractivity contribution in [3.8, 4) is 0 Å². The normalized spacial score (nSPS) is 28.2. The first-order valence-electron chi connectivity index (χ1n) is 13.3. The van der Waals surface area contributed by atoms with Crippen LogP contribution in [0, 0.1) is 23.7 Å². The Hall–Kier alpha value is 0. The number of hydrogen-bond donors (Lipinski definition) is 0. The standard InChI is InChI=1S/C27H52/c1-3-5-14-24-18-20-26(22-24)16-12-10-8-7-9-11-13-17-27-21-19-25(23-27)15-6-4-2/h24-27H,3-23H2,1-2H3.